The van der Waals surface area contributed by atoms with Gasteiger partial charge in [0.15, 0.2) is 5.78 Å². The molecule has 0 aromatic rings. The van der Waals surface area contributed by atoms with Gasteiger partial charge in [0.1, 0.15) is 12.1 Å². The van der Waals surface area contributed by atoms with Crippen molar-refractivity contribution < 1.29 is 27.6 Å². The maximum absolute atomic E-state index is 10.7. The van der Waals surface area contributed by atoms with Crippen molar-refractivity contribution in [2.75, 3.05) is 0 Å². The number of unbranched alkanes of at least 4 members (excludes halogenated alkanes) is 1. The predicted molar refractivity (Wildman–Crippen MR) is 153 cm³/mol. The fourth-order valence-corrected chi connectivity index (χ4v) is 1.22. The number of aldehydes is 1. The molecule has 0 spiro atoms. The van der Waals surface area contributed by atoms with Gasteiger partial charge in [0.2, 0.25) is 0 Å². The third kappa shape index (κ3) is 65.9. The van der Waals surface area contributed by atoms with E-state index in [2.05, 4.69) is 88.3 Å². The van der Waals surface area contributed by atoms with E-state index in [0.717, 1.165) is 44.0 Å². The number of halogens is 6. The first kappa shape index (κ1) is 42.3. The monoisotopic (exact) mass is 1030 g/mol. The SMILES string of the molecule is C/C=C(/CCC)C(C)=O.CC=O.CCCCC(C)=O.I.II.I[I-]I. The molecule has 9 heteroatoms. The van der Waals surface area contributed by atoms with Crippen LogP contribution in [0.1, 0.15) is 73.6 Å². The van der Waals surface area contributed by atoms with E-state index >= 15 is 0 Å². The summed E-state index contributed by atoms with van der Waals surface area (Å²) in [5.74, 6) is 0.515. The first-order chi connectivity index (χ1) is 11.3. The minimum atomic E-state index is 0. The van der Waals surface area contributed by atoms with Crippen molar-refractivity contribution in [3.8, 4) is 0 Å². The Kier molecular flexibility index (Phi) is 77.3. The molecule has 156 valence electrons. The summed E-state index contributed by atoms with van der Waals surface area (Å²) in [6, 6.07) is 0. The van der Waals surface area contributed by atoms with E-state index in [-0.39, 0.29) is 29.8 Å². The fraction of sp³-hybridized carbons (Fsp3) is 0.688. The molecule has 0 bridgehead atoms. The van der Waals surface area contributed by atoms with Gasteiger partial charge in [-0.1, -0.05) is 32.8 Å². The first-order valence-electron chi connectivity index (χ1n) is 7.39. The van der Waals surface area contributed by atoms with Gasteiger partial charge in [0.05, 0.1) is 0 Å². The van der Waals surface area contributed by atoms with Crippen LogP contribution in [0, 0.1) is 0 Å². The number of carbonyl (C=O) groups is 3. The van der Waals surface area contributed by atoms with Gasteiger partial charge in [-0.05, 0) is 46.1 Å². The minimum absolute atomic E-state index is 0. The number of ketones is 2. The molecule has 0 aliphatic heterocycles. The van der Waals surface area contributed by atoms with E-state index in [1.54, 1.807) is 13.8 Å². The second-order valence-electron chi connectivity index (χ2n) is 4.22. The molecule has 0 aliphatic rings. The van der Waals surface area contributed by atoms with E-state index in [0.29, 0.717) is 19.0 Å². The van der Waals surface area contributed by atoms with Gasteiger partial charge in [-0.25, -0.2) is 0 Å². The zero-order chi connectivity index (χ0) is 20.4. The molecule has 0 atom stereocenters. The van der Waals surface area contributed by atoms with Crippen molar-refractivity contribution in [3.05, 3.63) is 11.6 Å². The third-order valence-electron chi connectivity index (χ3n) is 2.20. The number of hydrogen-bond acceptors (Lipinski definition) is 3. The van der Waals surface area contributed by atoms with Gasteiger partial charge in [-0.3, -0.25) is 4.79 Å². The Morgan fingerprint density at radius 1 is 0.960 bits per heavy atom. The van der Waals surface area contributed by atoms with Crippen molar-refractivity contribution in [3.63, 3.8) is 0 Å². The van der Waals surface area contributed by atoms with Crippen LogP contribution in [-0.4, -0.2) is 17.9 Å². The summed E-state index contributed by atoms with van der Waals surface area (Å²) < 4.78 is 0. The van der Waals surface area contributed by atoms with E-state index in [9.17, 15) is 9.59 Å². The molecular weight excluding hydrogens is 1000 g/mol. The molecule has 3 nitrogen and oxygen atoms in total. The Balaban J connectivity index is -0.0000000503. The average Bonchev–Trinajstić information content (AvgIpc) is 2.54. The zero-order valence-corrected chi connectivity index (χ0v) is 28.8. The fourth-order valence-electron chi connectivity index (χ4n) is 1.22. The van der Waals surface area contributed by atoms with Crippen molar-refractivity contribution >= 4 is 116 Å². The van der Waals surface area contributed by atoms with Gasteiger partial charge in [0.25, 0.3) is 0 Å². The van der Waals surface area contributed by atoms with Gasteiger partial charge in [-0.15, -0.1) is 24.0 Å². The van der Waals surface area contributed by atoms with Crippen molar-refractivity contribution in [1.29, 1.82) is 0 Å². The van der Waals surface area contributed by atoms with Crippen LogP contribution < -0.4 is 13.3 Å². The first-order valence-corrected chi connectivity index (χ1v) is 26.2. The Hall–Kier alpha value is 3.13. The molecule has 0 N–H and O–H groups in total. The van der Waals surface area contributed by atoms with Crippen molar-refractivity contribution in [1.82, 2.24) is 0 Å². The molecule has 0 fully saturated rings. The van der Waals surface area contributed by atoms with Gasteiger partial charge >= 0.3 is 50.5 Å². The molecule has 0 heterocycles. The standard InChI is InChI=1S/C8H14O.C6H12O.C2H4O.I3.I2.HI/c1-4-6-8(5-2)7(3)9;1-3-4-5-6(2)7;1-2-3;1-3-2;1-2;/h5H,4,6H2,1-3H3;3-5H2,1-2H3;2H,1H3;;;1H/q;;;-1;;/b8-5-;;;;;. The van der Waals surface area contributed by atoms with Crippen LogP contribution in [0.25, 0.3) is 0 Å². The van der Waals surface area contributed by atoms with Crippen molar-refractivity contribution in [2.24, 2.45) is 0 Å². The summed E-state index contributed by atoms with van der Waals surface area (Å²) in [6.07, 6.45) is 7.56. The summed E-state index contributed by atoms with van der Waals surface area (Å²) >= 11 is 9.54. The molecule has 0 aromatic carbocycles. The normalized spacial score (nSPS) is 8.32. The number of Topliss-reactive ketones (excluding diaryl/α,β-unsaturated/α-hetero) is 2. The Bertz CT molecular complexity index is 298. The third-order valence-corrected chi connectivity index (χ3v) is 2.20. The number of carbonyl (C=O) groups excluding carboxylic acids is 3. The molecule has 0 amide bonds. The van der Waals surface area contributed by atoms with Crippen LogP contribution in [0.3, 0.4) is 0 Å². The molecule has 0 aromatic heterocycles. The van der Waals surface area contributed by atoms with Gasteiger partial charge in [0, 0.05) is 43.7 Å². The van der Waals surface area contributed by atoms with Crippen LogP contribution in [0.5, 0.6) is 0 Å². The van der Waals surface area contributed by atoms with Crippen LogP contribution in [0.15, 0.2) is 11.6 Å². The van der Waals surface area contributed by atoms with E-state index in [4.69, 9.17) is 4.79 Å². The molecule has 0 rings (SSSR count). The summed E-state index contributed by atoms with van der Waals surface area (Å²) in [4.78, 5) is 29.7. The molecule has 25 heavy (non-hydrogen) atoms. The van der Waals surface area contributed by atoms with E-state index < -0.39 is 0 Å². The Morgan fingerprint density at radius 2 is 1.32 bits per heavy atom. The Labute approximate surface area is 225 Å². The van der Waals surface area contributed by atoms with E-state index in [1.165, 1.54) is 6.92 Å². The van der Waals surface area contributed by atoms with Crippen LogP contribution in [0.4, 0.5) is 0 Å². The molecule has 0 saturated heterocycles. The Morgan fingerprint density at radius 3 is 1.40 bits per heavy atom. The molecule has 0 saturated carbocycles. The number of allylic oxidation sites excluding steroid dienone is 2. The summed E-state index contributed by atoms with van der Waals surface area (Å²) in [5, 5.41) is 0. The molecule has 0 radical (unpaired) electrons. The van der Waals surface area contributed by atoms with Gasteiger partial charge < -0.3 is 9.59 Å². The zero-order valence-electron chi connectivity index (χ0n) is 15.7. The summed E-state index contributed by atoms with van der Waals surface area (Å²) in [5.41, 5.74) is 0.956. The quantitative estimate of drug-likeness (QED) is 0.202. The van der Waals surface area contributed by atoms with Crippen LogP contribution in [-0.2, 0) is 14.4 Å². The maximum atomic E-state index is 10.7. The molecule has 0 unspecified atom stereocenters. The second-order valence-corrected chi connectivity index (χ2v) is 20.5. The molecule has 0 aliphatic carbocycles. The van der Waals surface area contributed by atoms with Crippen molar-refractivity contribution in [2.45, 2.75) is 73.6 Å². The number of rotatable bonds is 6. The van der Waals surface area contributed by atoms with Crippen LogP contribution in [0.2, 0.25) is 0 Å². The summed E-state index contributed by atoms with van der Waals surface area (Å²) in [7, 11) is 0. The second kappa shape index (κ2) is 45.7. The van der Waals surface area contributed by atoms with Gasteiger partial charge in [-0.2, -0.15) is 0 Å². The molecular formula is C16H31I6O3-. The van der Waals surface area contributed by atoms with E-state index in [1.807, 2.05) is 13.0 Å². The topological polar surface area (TPSA) is 51.2 Å². The number of hydrogen-bond donors (Lipinski definition) is 0. The summed E-state index contributed by atoms with van der Waals surface area (Å²) in [6.45, 7) is 10.8. The average molecular weight is 1030 g/mol. The van der Waals surface area contributed by atoms with Crippen LogP contribution >= 0.6 is 98.4 Å². The predicted octanol–water partition coefficient (Wildman–Crippen LogP) is 5.46.